The molecule has 0 saturated carbocycles. The number of anilines is 1. The molecule has 0 bridgehead atoms. The predicted molar refractivity (Wildman–Crippen MR) is 80.0 cm³/mol. The van der Waals surface area contributed by atoms with Crippen molar-refractivity contribution in [2.75, 3.05) is 11.6 Å². The number of nitrogens with zero attached hydrogens (tertiary/aromatic N) is 3. The number of benzene rings is 1. The van der Waals surface area contributed by atoms with Crippen molar-refractivity contribution in [2.45, 2.75) is 19.4 Å². The normalized spacial score (nSPS) is 17.6. The van der Waals surface area contributed by atoms with E-state index in [0.717, 1.165) is 0 Å². The van der Waals surface area contributed by atoms with Crippen molar-refractivity contribution in [3.8, 4) is 6.07 Å². The highest BCUT2D eigenvalue weighted by molar-refractivity contribution is 9.18. The highest BCUT2D eigenvalue weighted by Gasteiger charge is 2.34. The van der Waals surface area contributed by atoms with Crippen LogP contribution in [0.2, 0.25) is 5.02 Å². The molecule has 104 valence electrons. The molecule has 1 aliphatic rings. The van der Waals surface area contributed by atoms with Crippen LogP contribution in [0.1, 0.15) is 18.9 Å². The Kier molecular flexibility index (Phi) is 4.63. The second-order valence-corrected chi connectivity index (χ2v) is 5.39. The quantitative estimate of drug-likeness (QED) is 0.781. The molecule has 0 fully saturated rings. The van der Waals surface area contributed by atoms with E-state index < -0.39 is 6.04 Å². The first-order valence-corrected chi connectivity index (χ1v) is 7.12. The molecule has 0 aromatic heterocycles. The first-order valence-electron chi connectivity index (χ1n) is 5.95. The molecule has 20 heavy (non-hydrogen) atoms. The Balaban J connectivity index is 2.34. The minimum atomic E-state index is -0.547. The minimum absolute atomic E-state index is 0.307. The summed E-state index contributed by atoms with van der Waals surface area (Å²) in [6.45, 7) is 2.06. The van der Waals surface area contributed by atoms with E-state index >= 15 is 0 Å². The van der Waals surface area contributed by atoms with Crippen LogP contribution in [0.5, 0.6) is 0 Å². The number of nitriles is 1. The molecular formula is C13H11BrClN3O2. The lowest BCUT2D eigenvalue weighted by Gasteiger charge is -2.22. The number of carbonyl (C=O) groups is 1. The molecule has 1 aromatic rings. The Morgan fingerprint density at radius 1 is 1.70 bits per heavy atom. The van der Waals surface area contributed by atoms with Gasteiger partial charge in [0.15, 0.2) is 6.04 Å². The van der Waals surface area contributed by atoms with E-state index in [1.807, 2.05) is 6.07 Å². The highest BCUT2D eigenvalue weighted by Crippen LogP contribution is 2.33. The summed E-state index contributed by atoms with van der Waals surface area (Å²) in [5, 5.41) is 15.0. The van der Waals surface area contributed by atoms with E-state index in [1.54, 1.807) is 25.1 Å². The van der Waals surface area contributed by atoms with Crippen LogP contribution in [0.15, 0.2) is 23.3 Å². The standard InChI is InChI=1S/C13H11BrClN3O2/c1-2-20-13(19)11-6-12(14)17-18(11)10-4-3-8(7-16)5-9(10)15/h3-5,11H,2,6H2,1H3. The van der Waals surface area contributed by atoms with Crippen LogP contribution < -0.4 is 5.01 Å². The van der Waals surface area contributed by atoms with E-state index in [1.165, 1.54) is 5.01 Å². The third kappa shape index (κ3) is 2.94. The molecule has 1 unspecified atom stereocenters. The number of hydrazone groups is 1. The maximum Gasteiger partial charge on any atom is 0.331 e. The van der Waals surface area contributed by atoms with Crippen molar-refractivity contribution in [2.24, 2.45) is 5.10 Å². The predicted octanol–water partition coefficient (Wildman–Crippen LogP) is 3.06. The maximum absolute atomic E-state index is 12.0. The van der Waals surface area contributed by atoms with E-state index in [-0.39, 0.29) is 5.97 Å². The second kappa shape index (κ2) is 6.25. The lowest BCUT2D eigenvalue weighted by atomic mass is 10.1. The van der Waals surface area contributed by atoms with Gasteiger partial charge in [0.05, 0.1) is 28.9 Å². The maximum atomic E-state index is 12.0. The van der Waals surface area contributed by atoms with Crippen molar-refractivity contribution < 1.29 is 9.53 Å². The monoisotopic (exact) mass is 355 g/mol. The van der Waals surface area contributed by atoms with Gasteiger partial charge in [-0.2, -0.15) is 10.4 Å². The van der Waals surface area contributed by atoms with Gasteiger partial charge >= 0.3 is 5.97 Å². The third-order valence-electron chi connectivity index (χ3n) is 2.76. The van der Waals surface area contributed by atoms with Crippen molar-refractivity contribution >= 4 is 43.8 Å². The smallest absolute Gasteiger partial charge is 0.331 e. The molecule has 0 N–H and O–H groups in total. The van der Waals surface area contributed by atoms with Gasteiger partial charge < -0.3 is 4.74 Å². The van der Waals surface area contributed by atoms with Crippen LogP contribution >= 0.6 is 27.5 Å². The molecule has 1 aliphatic heterocycles. The van der Waals surface area contributed by atoms with Crippen LogP contribution in [-0.4, -0.2) is 23.2 Å². The van der Waals surface area contributed by atoms with Crippen LogP contribution in [0.25, 0.3) is 0 Å². The van der Waals surface area contributed by atoms with Crippen LogP contribution in [0.4, 0.5) is 5.69 Å². The van der Waals surface area contributed by atoms with Crippen LogP contribution in [0, 0.1) is 11.3 Å². The molecule has 2 rings (SSSR count). The second-order valence-electron chi connectivity index (χ2n) is 4.07. The van der Waals surface area contributed by atoms with E-state index in [9.17, 15) is 4.79 Å². The summed E-state index contributed by atoms with van der Waals surface area (Å²) in [5.41, 5.74) is 1.02. The fourth-order valence-electron chi connectivity index (χ4n) is 1.88. The number of carbonyl (C=O) groups excluding carboxylic acids is 1. The third-order valence-corrected chi connectivity index (χ3v) is 3.54. The Hall–Kier alpha value is -1.58. The lowest BCUT2D eigenvalue weighted by molar-refractivity contribution is -0.144. The van der Waals surface area contributed by atoms with Crippen molar-refractivity contribution in [1.82, 2.24) is 0 Å². The SMILES string of the molecule is CCOC(=O)C1CC(Br)=NN1c1ccc(C#N)cc1Cl. The molecule has 0 spiro atoms. The molecule has 1 aromatic carbocycles. The zero-order valence-corrected chi connectivity index (χ0v) is 13.0. The molecule has 0 radical (unpaired) electrons. The largest absolute Gasteiger partial charge is 0.464 e. The number of ether oxygens (including phenoxy) is 1. The minimum Gasteiger partial charge on any atom is -0.464 e. The average Bonchev–Trinajstić information content (AvgIpc) is 2.80. The van der Waals surface area contributed by atoms with Crippen molar-refractivity contribution in [3.63, 3.8) is 0 Å². The number of hydrogen-bond donors (Lipinski definition) is 0. The van der Waals surface area contributed by atoms with Crippen molar-refractivity contribution in [3.05, 3.63) is 28.8 Å². The molecule has 1 heterocycles. The Bertz CT molecular complexity index is 612. The van der Waals surface area contributed by atoms with Gasteiger partial charge in [-0.3, -0.25) is 0 Å². The van der Waals surface area contributed by atoms with E-state index in [4.69, 9.17) is 21.6 Å². The molecule has 0 saturated heterocycles. The van der Waals surface area contributed by atoms with Gasteiger partial charge in [0.25, 0.3) is 0 Å². The van der Waals surface area contributed by atoms with Gasteiger partial charge in [-0.1, -0.05) is 11.6 Å². The van der Waals surface area contributed by atoms with Crippen LogP contribution in [-0.2, 0) is 9.53 Å². The summed E-state index contributed by atoms with van der Waals surface area (Å²) in [6.07, 6.45) is 0.426. The summed E-state index contributed by atoms with van der Waals surface area (Å²) in [5.74, 6) is -0.355. The van der Waals surface area contributed by atoms with Gasteiger partial charge in [0.2, 0.25) is 0 Å². The molecule has 0 amide bonds. The fraction of sp³-hybridized carbons (Fsp3) is 0.308. The molecule has 1 atom stereocenters. The number of hydrogen-bond acceptors (Lipinski definition) is 5. The fourth-order valence-corrected chi connectivity index (χ4v) is 2.62. The molecule has 7 heteroatoms. The highest BCUT2D eigenvalue weighted by atomic mass is 79.9. The first-order chi connectivity index (χ1) is 9.56. The van der Waals surface area contributed by atoms with Crippen LogP contribution in [0.3, 0.4) is 0 Å². The molecule has 0 aliphatic carbocycles. The summed E-state index contributed by atoms with van der Waals surface area (Å²) >= 11 is 9.45. The number of halogens is 2. The van der Waals surface area contributed by atoms with Gasteiger partial charge in [0.1, 0.15) is 4.62 Å². The Morgan fingerprint density at radius 3 is 3.05 bits per heavy atom. The Morgan fingerprint density at radius 2 is 2.45 bits per heavy atom. The summed E-state index contributed by atoms with van der Waals surface area (Å²) in [6, 6.07) is 6.30. The topological polar surface area (TPSA) is 65.7 Å². The lowest BCUT2D eigenvalue weighted by Crippen LogP contribution is -2.36. The molecule has 5 nitrogen and oxygen atoms in total. The van der Waals surface area contributed by atoms with Gasteiger partial charge in [-0.25, -0.2) is 9.80 Å². The van der Waals surface area contributed by atoms with E-state index in [2.05, 4.69) is 21.0 Å². The summed E-state index contributed by atoms with van der Waals surface area (Å²) in [7, 11) is 0. The summed E-state index contributed by atoms with van der Waals surface area (Å²) in [4.78, 5) is 12.0. The molecular weight excluding hydrogens is 346 g/mol. The zero-order chi connectivity index (χ0) is 14.7. The Labute approximate surface area is 129 Å². The first kappa shape index (κ1) is 14.8. The zero-order valence-electron chi connectivity index (χ0n) is 10.6. The van der Waals surface area contributed by atoms with Gasteiger partial charge in [-0.05, 0) is 41.1 Å². The number of rotatable bonds is 3. The van der Waals surface area contributed by atoms with E-state index in [0.29, 0.717) is 33.9 Å². The van der Waals surface area contributed by atoms with Gasteiger partial charge in [-0.15, -0.1) is 0 Å². The van der Waals surface area contributed by atoms with Gasteiger partial charge in [0, 0.05) is 6.42 Å². The summed E-state index contributed by atoms with van der Waals surface area (Å²) < 4.78 is 5.69. The van der Waals surface area contributed by atoms with Crippen molar-refractivity contribution in [1.29, 1.82) is 5.26 Å². The average molecular weight is 357 g/mol. The number of esters is 1.